The molecule has 6 aliphatic carbocycles. The fourth-order valence-electron chi connectivity index (χ4n) is 13.3. The normalized spacial score (nSPS) is 38.4. The van der Waals surface area contributed by atoms with Crippen molar-refractivity contribution in [2.45, 2.75) is 117 Å². The standard InChI is InChI=1S/C48H60O8/c1-28(11-20-43(50)53-5)38-18-19-39-44-40(27-42(48(38,39)4)54-29(2)49)47(3)22-21-36(55-46(52)37-24-30-12-13-34(37)23-30)25-35(47)26-41(44)56-45(51)33-16-14-32(15-17-33)31-9-7-6-8-10-31/h6-10,12-17,28,30,34-42,44H,11,18-27H2,1-5H3/t28-,30+,34-,35-,36-,37+,38-,39+,40+,41-,42+,44+,47+,48-/m1/s1. The van der Waals surface area contributed by atoms with Crippen LogP contribution in [0.5, 0.6) is 0 Å². The van der Waals surface area contributed by atoms with Gasteiger partial charge in [0.05, 0.1) is 18.6 Å². The number of carbonyl (C=O) groups excluding carboxylic acids is 4. The van der Waals surface area contributed by atoms with Gasteiger partial charge < -0.3 is 18.9 Å². The Kier molecular flexibility index (Phi) is 10.7. The average Bonchev–Trinajstić information content (AvgIpc) is 3.93. The van der Waals surface area contributed by atoms with Crippen LogP contribution in [0.15, 0.2) is 66.7 Å². The number of hydrogen-bond acceptors (Lipinski definition) is 8. The summed E-state index contributed by atoms with van der Waals surface area (Å²) in [6.45, 7) is 8.46. The summed E-state index contributed by atoms with van der Waals surface area (Å²) in [6, 6.07) is 17.8. The molecule has 56 heavy (non-hydrogen) atoms. The summed E-state index contributed by atoms with van der Waals surface area (Å²) in [4.78, 5) is 52.9. The number of benzene rings is 2. The minimum absolute atomic E-state index is 0.0399. The Morgan fingerprint density at radius 3 is 2.23 bits per heavy atom. The fourth-order valence-corrected chi connectivity index (χ4v) is 13.3. The predicted octanol–water partition coefficient (Wildman–Crippen LogP) is 9.40. The third-order valence-corrected chi connectivity index (χ3v) is 16.1. The summed E-state index contributed by atoms with van der Waals surface area (Å²) in [7, 11) is 1.43. The lowest BCUT2D eigenvalue weighted by atomic mass is 9.43. The fraction of sp³-hybridized carbons (Fsp3) is 0.625. The maximum Gasteiger partial charge on any atom is 0.338 e. The molecule has 8 nitrogen and oxygen atoms in total. The van der Waals surface area contributed by atoms with E-state index in [0.717, 1.165) is 56.1 Å². The van der Waals surface area contributed by atoms with E-state index in [1.165, 1.54) is 14.0 Å². The van der Waals surface area contributed by atoms with Crippen LogP contribution >= 0.6 is 0 Å². The monoisotopic (exact) mass is 764 g/mol. The van der Waals surface area contributed by atoms with Gasteiger partial charge in [0, 0.05) is 24.7 Å². The number of allylic oxidation sites excluding steroid dienone is 2. The molecule has 2 bridgehead atoms. The first-order valence-electron chi connectivity index (χ1n) is 21.4. The third-order valence-electron chi connectivity index (χ3n) is 16.1. The zero-order valence-electron chi connectivity index (χ0n) is 33.8. The molecule has 0 radical (unpaired) electrons. The SMILES string of the molecule is COC(=O)CC[C@@H](C)[C@H]1CC[C@H]2[C@@H]3[C@H](OC(=O)c4ccc(-c5ccccc5)cc4)C[C@H]4C[C@H](OC(=O)[C@H]5C[C@H]6C=C[C@@H]5C6)CC[C@]4(C)[C@H]3C[C@H](OC(C)=O)[C@]12C. The van der Waals surface area contributed by atoms with Crippen LogP contribution in [0.1, 0.15) is 109 Å². The highest BCUT2D eigenvalue weighted by atomic mass is 16.6. The molecule has 0 N–H and O–H groups in total. The smallest absolute Gasteiger partial charge is 0.338 e. The van der Waals surface area contributed by atoms with Gasteiger partial charge in [-0.2, -0.15) is 0 Å². The summed E-state index contributed by atoms with van der Waals surface area (Å²) in [6.07, 6.45) is 12.5. The number of ether oxygens (including phenoxy) is 4. The molecule has 0 unspecified atom stereocenters. The van der Waals surface area contributed by atoms with Crippen LogP contribution in [0, 0.1) is 64.1 Å². The lowest BCUT2D eigenvalue weighted by Gasteiger charge is -2.64. The molecular formula is C48H60O8. The summed E-state index contributed by atoms with van der Waals surface area (Å²) in [5.41, 5.74) is 2.21. The minimum Gasteiger partial charge on any atom is -0.469 e. The largest absolute Gasteiger partial charge is 0.469 e. The van der Waals surface area contributed by atoms with E-state index in [9.17, 15) is 19.2 Å². The molecule has 0 saturated heterocycles. The van der Waals surface area contributed by atoms with Gasteiger partial charge in [-0.05, 0) is 134 Å². The van der Waals surface area contributed by atoms with Crippen molar-refractivity contribution >= 4 is 23.9 Å². The van der Waals surface area contributed by atoms with E-state index < -0.39 is 0 Å². The molecule has 0 heterocycles. The Hall–Kier alpha value is -3.94. The maximum absolute atomic E-state index is 14.2. The summed E-state index contributed by atoms with van der Waals surface area (Å²) in [5, 5.41) is 0. The van der Waals surface area contributed by atoms with Crippen molar-refractivity contribution in [3.8, 4) is 11.1 Å². The first kappa shape index (κ1) is 38.9. The number of methoxy groups -OCH3 is 1. The minimum atomic E-state index is -0.352. The van der Waals surface area contributed by atoms with Crippen molar-refractivity contribution in [1.82, 2.24) is 0 Å². The van der Waals surface area contributed by atoms with Crippen LogP contribution in [-0.2, 0) is 33.3 Å². The van der Waals surface area contributed by atoms with E-state index in [2.05, 4.69) is 45.1 Å². The van der Waals surface area contributed by atoms with Gasteiger partial charge >= 0.3 is 23.9 Å². The molecule has 2 aromatic carbocycles. The molecule has 300 valence electrons. The predicted molar refractivity (Wildman–Crippen MR) is 212 cm³/mol. The van der Waals surface area contributed by atoms with Crippen LogP contribution in [0.25, 0.3) is 11.1 Å². The third kappa shape index (κ3) is 7.01. The number of fused-ring (bicyclic) bond motifs is 7. The number of hydrogen-bond donors (Lipinski definition) is 0. The quantitative estimate of drug-likeness (QED) is 0.134. The Balaban J connectivity index is 1.09. The molecule has 5 saturated carbocycles. The molecule has 0 aromatic heterocycles. The van der Waals surface area contributed by atoms with Crippen molar-refractivity contribution in [3.63, 3.8) is 0 Å². The summed E-state index contributed by atoms with van der Waals surface area (Å²) < 4.78 is 24.5. The molecule has 5 fully saturated rings. The van der Waals surface area contributed by atoms with E-state index in [4.69, 9.17) is 18.9 Å². The number of carbonyl (C=O) groups is 4. The van der Waals surface area contributed by atoms with Crippen LogP contribution < -0.4 is 0 Å². The first-order valence-corrected chi connectivity index (χ1v) is 21.4. The van der Waals surface area contributed by atoms with Gasteiger partial charge in [-0.1, -0.05) is 75.4 Å². The van der Waals surface area contributed by atoms with Crippen molar-refractivity contribution in [2.24, 2.45) is 64.1 Å². The lowest BCUT2D eigenvalue weighted by Crippen LogP contribution is -2.63. The van der Waals surface area contributed by atoms with Gasteiger partial charge in [0.25, 0.3) is 0 Å². The van der Waals surface area contributed by atoms with Gasteiger partial charge in [-0.3, -0.25) is 14.4 Å². The van der Waals surface area contributed by atoms with E-state index >= 15 is 0 Å². The molecule has 6 aliphatic rings. The topological polar surface area (TPSA) is 105 Å². The molecular weight excluding hydrogens is 705 g/mol. The summed E-state index contributed by atoms with van der Waals surface area (Å²) in [5.74, 6) is 0.927. The van der Waals surface area contributed by atoms with E-state index in [-0.39, 0.29) is 94.4 Å². The second-order valence-electron chi connectivity index (χ2n) is 18.8. The zero-order valence-corrected chi connectivity index (χ0v) is 33.8. The molecule has 0 aliphatic heterocycles. The highest BCUT2D eigenvalue weighted by molar-refractivity contribution is 5.90. The Labute approximate surface area is 332 Å². The molecule has 8 rings (SSSR count). The van der Waals surface area contributed by atoms with E-state index in [0.29, 0.717) is 43.1 Å². The number of rotatable bonds is 10. The Bertz CT molecular complexity index is 1820. The zero-order chi connectivity index (χ0) is 39.4. The van der Waals surface area contributed by atoms with Crippen LogP contribution in [-0.4, -0.2) is 49.3 Å². The Morgan fingerprint density at radius 2 is 1.55 bits per heavy atom. The van der Waals surface area contributed by atoms with E-state index in [1.54, 1.807) is 0 Å². The van der Waals surface area contributed by atoms with Crippen LogP contribution in [0.3, 0.4) is 0 Å². The second kappa shape index (κ2) is 15.4. The average molecular weight is 765 g/mol. The van der Waals surface area contributed by atoms with Gasteiger partial charge in [0.2, 0.25) is 0 Å². The summed E-state index contributed by atoms with van der Waals surface area (Å²) >= 11 is 0. The van der Waals surface area contributed by atoms with E-state index in [1.807, 2.05) is 42.5 Å². The molecule has 2 aromatic rings. The highest BCUT2D eigenvalue weighted by Gasteiger charge is 2.68. The van der Waals surface area contributed by atoms with Crippen molar-refractivity contribution in [2.75, 3.05) is 7.11 Å². The molecule has 0 amide bonds. The van der Waals surface area contributed by atoms with Crippen molar-refractivity contribution in [3.05, 3.63) is 72.3 Å². The van der Waals surface area contributed by atoms with Crippen molar-refractivity contribution in [1.29, 1.82) is 0 Å². The van der Waals surface area contributed by atoms with Gasteiger partial charge in [0.15, 0.2) is 0 Å². The van der Waals surface area contributed by atoms with Crippen LogP contribution in [0.4, 0.5) is 0 Å². The molecule has 8 heteroatoms. The maximum atomic E-state index is 14.2. The molecule has 0 spiro atoms. The second-order valence-corrected chi connectivity index (χ2v) is 18.8. The lowest BCUT2D eigenvalue weighted by molar-refractivity contribution is -0.219. The van der Waals surface area contributed by atoms with Gasteiger partial charge in [0.1, 0.15) is 18.3 Å². The number of esters is 4. The van der Waals surface area contributed by atoms with Crippen molar-refractivity contribution < 1.29 is 38.1 Å². The first-order chi connectivity index (χ1) is 26.9. The van der Waals surface area contributed by atoms with Gasteiger partial charge in [-0.25, -0.2) is 4.79 Å². The highest BCUT2D eigenvalue weighted by Crippen LogP contribution is 2.69. The molecule has 14 atom stereocenters. The Morgan fingerprint density at radius 1 is 0.804 bits per heavy atom. The van der Waals surface area contributed by atoms with Crippen LogP contribution in [0.2, 0.25) is 0 Å². The van der Waals surface area contributed by atoms with Gasteiger partial charge in [-0.15, -0.1) is 0 Å².